The molecule has 2 N–H and O–H groups in total. The van der Waals surface area contributed by atoms with Gasteiger partial charge in [0.15, 0.2) is 6.10 Å². The predicted octanol–water partition coefficient (Wildman–Crippen LogP) is 3.28. The number of fused-ring (bicyclic) bond motifs is 1. The number of rotatable bonds is 5. The molecule has 1 aromatic carbocycles. The lowest BCUT2D eigenvalue weighted by Crippen LogP contribution is -2.49. The quantitative estimate of drug-likeness (QED) is 0.723. The molecule has 2 heterocycles. The number of alkyl halides is 5. The summed E-state index contributed by atoms with van der Waals surface area (Å²) in [6.45, 7) is -3.13. The molecule has 0 radical (unpaired) electrons. The number of amides is 1. The van der Waals surface area contributed by atoms with E-state index < -0.39 is 36.9 Å². The fourth-order valence-corrected chi connectivity index (χ4v) is 3.02. The average molecular weight is 422 g/mol. The number of benzene rings is 1. The van der Waals surface area contributed by atoms with Crippen molar-refractivity contribution in [2.45, 2.75) is 43.9 Å². The molecule has 11 heteroatoms. The van der Waals surface area contributed by atoms with Crippen LogP contribution in [0.25, 0.3) is 10.9 Å². The fourth-order valence-electron chi connectivity index (χ4n) is 3.02. The van der Waals surface area contributed by atoms with Crippen molar-refractivity contribution in [3.63, 3.8) is 0 Å². The van der Waals surface area contributed by atoms with Crippen molar-refractivity contribution >= 4 is 16.8 Å². The number of aliphatic hydroxyl groups excluding tert-OH is 1. The lowest BCUT2D eigenvalue weighted by Gasteiger charge is -2.32. The highest BCUT2D eigenvalue weighted by molar-refractivity contribution is 5.97. The maximum Gasteiger partial charge on any atom is 0.416 e. The van der Waals surface area contributed by atoms with Crippen LogP contribution in [0.5, 0.6) is 5.75 Å². The molecule has 1 fully saturated rings. The van der Waals surface area contributed by atoms with E-state index in [-0.39, 0.29) is 32.2 Å². The summed E-state index contributed by atoms with van der Waals surface area (Å²) in [6, 6.07) is 5.09. The minimum absolute atomic E-state index is 0. The number of carbonyl (C=O) groups is 1. The molecule has 160 valence electrons. The Morgan fingerprint density at radius 3 is 2.69 bits per heavy atom. The van der Waals surface area contributed by atoms with Gasteiger partial charge in [0.1, 0.15) is 5.75 Å². The third kappa shape index (κ3) is 5.30. The highest BCUT2D eigenvalue weighted by Crippen LogP contribution is 2.28. The molecule has 3 atom stereocenters. The predicted molar refractivity (Wildman–Crippen MR) is 92.8 cm³/mol. The maximum absolute atomic E-state index is 12.5. The maximum atomic E-state index is 12.5. The van der Waals surface area contributed by atoms with Crippen molar-refractivity contribution < 1.29 is 42.8 Å². The summed E-state index contributed by atoms with van der Waals surface area (Å²) < 4.78 is 71.5. The average Bonchev–Trinajstić information content (AvgIpc) is 2.66. The number of carbonyl (C=O) groups excluding carboxylic acids is 1. The summed E-state index contributed by atoms with van der Waals surface area (Å²) in [5, 5.41) is 12.4. The van der Waals surface area contributed by atoms with Gasteiger partial charge >= 0.3 is 12.8 Å². The van der Waals surface area contributed by atoms with Crippen molar-refractivity contribution in [2.24, 2.45) is 0 Å². The number of ether oxygens (including phenoxy) is 2. The Hall–Kier alpha value is -2.53. The molecule has 0 saturated carbocycles. The van der Waals surface area contributed by atoms with Crippen LogP contribution in [0.1, 0.15) is 24.6 Å². The van der Waals surface area contributed by atoms with E-state index in [4.69, 9.17) is 4.74 Å². The summed E-state index contributed by atoms with van der Waals surface area (Å²) in [5.74, 6) is -0.567. The van der Waals surface area contributed by atoms with Gasteiger partial charge in [0, 0.05) is 19.1 Å². The van der Waals surface area contributed by atoms with Gasteiger partial charge in [-0.05, 0) is 31.0 Å². The van der Waals surface area contributed by atoms with Crippen molar-refractivity contribution in [3.8, 4) is 5.75 Å². The number of pyridine rings is 1. The molecular weight excluding hydrogens is 403 g/mol. The molecule has 1 amide bonds. The van der Waals surface area contributed by atoms with Crippen LogP contribution < -0.4 is 10.1 Å². The Balaban J connectivity index is 0.00000320. The van der Waals surface area contributed by atoms with Gasteiger partial charge in [0.2, 0.25) is 0 Å². The van der Waals surface area contributed by atoms with Crippen LogP contribution in [-0.2, 0) is 4.74 Å². The zero-order chi connectivity index (χ0) is 21.2. The minimum Gasteiger partial charge on any atom is -0.435 e. The monoisotopic (exact) mass is 422 g/mol. The van der Waals surface area contributed by atoms with Gasteiger partial charge in [0.05, 0.1) is 29.8 Å². The normalized spacial score (nSPS) is 21.2. The van der Waals surface area contributed by atoms with E-state index in [0.717, 1.165) is 0 Å². The number of halogens is 5. The van der Waals surface area contributed by atoms with E-state index in [9.17, 15) is 31.9 Å². The number of aromatic nitrogens is 1. The molecule has 29 heavy (non-hydrogen) atoms. The van der Waals surface area contributed by atoms with Gasteiger partial charge in [-0.3, -0.25) is 9.78 Å². The number of aliphatic hydroxyl groups is 1. The first-order valence-electron chi connectivity index (χ1n) is 8.65. The van der Waals surface area contributed by atoms with Crippen LogP contribution in [0.15, 0.2) is 30.5 Å². The molecule has 1 saturated heterocycles. The second kappa shape index (κ2) is 8.46. The van der Waals surface area contributed by atoms with Crippen LogP contribution >= 0.6 is 0 Å². The third-order valence-corrected chi connectivity index (χ3v) is 4.48. The molecule has 2 aromatic rings. The molecule has 1 aliphatic heterocycles. The van der Waals surface area contributed by atoms with Gasteiger partial charge in [-0.1, -0.05) is 0 Å². The van der Waals surface area contributed by atoms with E-state index in [1.54, 1.807) is 0 Å². The molecule has 3 rings (SSSR count). The SMILES string of the molecule is O=C(N[C@@H]1CC[C@@H](C(O)C(F)(F)F)OC1)c1cnc2cc(OC(F)F)ccc2c1.[HH]. The van der Waals surface area contributed by atoms with E-state index in [1.807, 2.05) is 0 Å². The molecule has 1 aliphatic rings. The first-order chi connectivity index (χ1) is 13.6. The number of nitrogens with zero attached hydrogens (tertiary/aromatic N) is 1. The zero-order valence-corrected chi connectivity index (χ0v) is 14.8. The van der Waals surface area contributed by atoms with Crippen LogP contribution in [-0.4, -0.2) is 53.6 Å². The highest BCUT2D eigenvalue weighted by atomic mass is 19.4. The molecule has 0 bridgehead atoms. The molecular formula is C18H19F5N2O4. The van der Waals surface area contributed by atoms with Crippen molar-refractivity contribution in [1.82, 2.24) is 10.3 Å². The molecule has 1 aromatic heterocycles. The summed E-state index contributed by atoms with van der Waals surface area (Å²) in [6.07, 6.45) is -7.30. The van der Waals surface area contributed by atoms with Gasteiger partial charge in [-0.25, -0.2) is 0 Å². The largest absolute Gasteiger partial charge is 0.435 e. The smallest absolute Gasteiger partial charge is 0.416 e. The summed E-state index contributed by atoms with van der Waals surface area (Å²) in [5.41, 5.74) is 0.544. The lowest BCUT2D eigenvalue weighted by molar-refractivity contribution is -0.242. The van der Waals surface area contributed by atoms with Crippen LogP contribution in [0.4, 0.5) is 22.0 Å². The third-order valence-electron chi connectivity index (χ3n) is 4.48. The highest BCUT2D eigenvalue weighted by Gasteiger charge is 2.45. The molecule has 0 aliphatic carbocycles. The van der Waals surface area contributed by atoms with Crippen molar-refractivity contribution in [3.05, 3.63) is 36.0 Å². The number of hydrogen-bond acceptors (Lipinski definition) is 5. The summed E-state index contributed by atoms with van der Waals surface area (Å²) >= 11 is 0. The van der Waals surface area contributed by atoms with Crippen LogP contribution in [0.2, 0.25) is 0 Å². The Labute approximate surface area is 163 Å². The summed E-state index contributed by atoms with van der Waals surface area (Å²) in [4.78, 5) is 16.4. The summed E-state index contributed by atoms with van der Waals surface area (Å²) in [7, 11) is 0. The molecule has 1 unspecified atom stereocenters. The lowest BCUT2D eigenvalue weighted by atomic mass is 10.0. The van der Waals surface area contributed by atoms with Gasteiger partial charge in [-0.15, -0.1) is 0 Å². The van der Waals surface area contributed by atoms with Gasteiger partial charge < -0.3 is 19.9 Å². The standard InChI is InChI=1S/C18H17F5N2O4.H2/c19-17(20)29-12-3-1-9-5-10(7-24-13(9)6-12)16(27)25-11-2-4-14(28-8-11)15(26)18(21,22)23;/h1,3,5-7,11,14-15,17,26H,2,4,8H2,(H,25,27);1H/t11-,14+,15?;/m1./s1. The van der Waals surface area contributed by atoms with E-state index in [0.29, 0.717) is 10.9 Å². The Kier molecular flexibility index (Phi) is 6.18. The first kappa shape index (κ1) is 21.2. The van der Waals surface area contributed by atoms with E-state index >= 15 is 0 Å². The first-order valence-corrected chi connectivity index (χ1v) is 8.65. The number of nitrogens with one attached hydrogen (secondary N) is 1. The van der Waals surface area contributed by atoms with E-state index in [1.165, 1.54) is 30.5 Å². The molecule has 0 spiro atoms. The Morgan fingerprint density at radius 1 is 1.31 bits per heavy atom. The van der Waals surface area contributed by atoms with Gasteiger partial charge in [0.25, 0.3) is 5.91 Å². The molecule has 6 nitrogen and oxygen atoms in total. The van der Waals surface area contributed by atoms with Crippen molar-refractivity contribution in [1.29, 1.82) is 0 Å². The van der Waals surface area contributed by atoms with Crippen LogP contribution in [0, 0.1) is 0 Å². The Morgan fingerprint density at radius 2 is 2.07 bits per heavy atom. The zero-order valence-electron chi connectivity index (χ0n) is 14.8. The fraction of sp³-hybridized carbons (Fsp3) is 0.444. The number of hydrogen-bond donors (Lipinski definition) is 2. The minimum atomic E-state index is -4.77. The second-order valence-electron chi connectivity index (χ2n) is 6.56. The Bertz CT molecular complexity index is 875. The second-order valence-corrected chi connectivity index (χ2v) is 6.56. The van der Waals surface area contributed by atoms with Crippen molar-refractivity contribution in [2.75, 3.05) is 6.61 Å². The van der Waals surface area contributed by atoms with Gasteiger partial charge in [-0.2, -0.15) is 22.0 Å². The van der Waals surface area contributed by atoms with E-state index in [2.05, 4.69) is 15.0 Å². The van der Waals surface area contributed by atoms with Crippen LogP contribution in [0.3, 0.4) is 0 Å². The topological polar surface area (TPSA) is 80.7 Å².